The third kappa shape index (κ3) is 2.24. The highest BCUT2D eigenvalue weighted by Gasteiger charge is 2.15. The summed E-state index contributed by atoms with van der Waals surface area (Å²) in [5.41, 5.74) is 1.51. The highest BCUT2D eigenvalue weighted by molar-refractivity contribution is 9.10. The Labute approximate surface area is 111 Å². The number of carbonyl (C=O) groups excluding carboxylic acids is 1. The second kappa shape index (κ2) is 5.17. The summed E-state index contributed by atoms with van der Waals surface area (Å²) in [6.45, 7) is 0. The van der Waals surface area contributed by atoms with Crippen LogP contribution in [-0.2, 0) is 0 Å². The van der Waals surface area contributed by atoms with Crippen LogP contribution < -0.4 is 0 Å². The van der Waals surface area contributed by atoms with Gasteiger partial charge in [-0.05, 0) is 34.3 Å². The van der Waals surface area contributed by atoms with Gasteiger partial charge in [-0.1, -0.05) is 12.1 Å². The first-order valence-electron chi connectivity index (χ1n) is 4.63. The molecule has 0 radical (unpaired) electrons. The predicted molar refractivity (Wildman–Crippen MR) is 73.7 cm³/mol. The molecule has 0 spiro atoms. The van der Waals surface area contributed by atoms with Crippen LogP contribution in [0.2, 0.25) is 0 Å². The number of benzene rings is 1. The molecule has 1 aromatic carbocycles. The fourth-order valence-electron chi connectivity index (χ4n) is 1.42. The van der Waals surface area contributed by atoms with E-state index in [0.29, 0.717) is 0 Å². The van der Waals surface area contributed by atoms with Gasteiger partial charge in [-0.15, -0.1) is 11.8 Å². The van der Waals surface area contributed by atoms with Gasteiger partial charge < -0.3 is 0 Å². The molecule has 16 heavy (non-hydrogen) atoms. The molecular weight excluding hydrogens is 304 g/mol. The lowest BCUT2D eigenvalue weighted by molar-refractivity contribution is 0.103. The smallest absolute Gasteiger partial charge is 0.196 e. The molecule has 0 aliphatic rings. The number of hydrogen-bond donors (Lipinski definition) is 0. The lowest BCUT2D eigenvalue weighted by atomic mass is 10.1. The molecule has 1 heterocycles. The predicted octanol–water partition coefficient (Wildman–Crippen LogP) is 4.46. The van der Waals surface area contributed by atoms with Crippen LogP contribution in [0.25, 0.3) is 0 Å². The SMILES string of the molecule is CSc1ccccc1C(=O)c1cscc1Br. The number of halogens is 1. The van der Waals surface area contributed by atoms with Crippen molar-refractivity contribution >= 4 is 44.8 Å². The Kier molecular flexibility index (Phi) is 3.84. The van der Waals surface area contributed by atoms with Gasteiger partial charge in [-0.25, -0.2) is 0 Å². The van der Waals surface area contributed by atoms with Crippen molar-refractivity contribution in [2.75, 3.05) is 6.26 Å². The monoisotopic (exact) mass is 312 g/mol. The maximum Gasteiger partial charge on any atom is 0.196 e. The molecule has 82 valence electrons. The Morgan fingerprint density at radius 3 is 2.62 bits per heavy atom. The van der Waals surface area contributed by atoms with Gasteiger partial charge >= 0.3 is 0 Å². The lowest BCUT2D eigenvalue weighted by Gasteiger charge is -2.05. The zero-order valence-electron chi connectivity index (χ0n) is 8.57. The average molecular weight is 313 g/mol. The molecule has 1 aromatic heterocycles. The molecule has 4 heteroatoms. The van der Waals surface area contributed by atoms with Gasteiger partial charge in [0.05, 0.1) is 0 Å². The van der Waals surface area contributed by atoms with Crippen molar-refractivity contribution < 1.29 is 4.79 Å². The van der Waals surface area contributed by atoms with Crippen LogP contribution in [-0.4, -0.2) is 12.0 Å². The van der Waals surface area contributed by atoms with Gasteiger partial charge in [-0.2, -0.15) is 11.3 Å². The van der Waals surface area contributed by atoms with E-state index in [1.54, 1.807) is 11.8 Å². The second-order valence-electron chi connectivity index (χ2n) is 3.16. The fraction of sp³-hybridized carbons (Fsp3) is 0.0833. The van der Waals surface area contributed by atoms with E-state index in [2.05, 4.69) is 15.9 Å². The molecular formula is C12H9BrOS2. The largest absolute Gasteiger partial charge is 0.288 e. The minimum Gasteiger partial charge on any atom is -0.288 e. The summed E-state index contributed by atoms with van der Waals surface area (Å²) in [4.78, 5) is 13.3. The summed E-state index contributed by atoms with van der Waals surface area (Å²) in [5.74, 6) is 0.0816. The number of thioether (sulfide) groups is 1. The molecule has 0 aliphatic heterocycles. The quantitative estimate of drug-likeness (QED) is 0.614. The summed E-state index contributed by atoms with van der Waals surface area (Å²) < 4.78 is 0.874. The standard InChI is InChI=1S/C12H9BrOS2/c1-15-11-5-3-2-4-8(11)12(14)9-6-16-7-10(9)13/h2-7H,1H3. The highest BCUT2D eigenvalue weighted by atomic mass is 79.9. The molecule has 0 bridgehead atoms. The van der Waals surface area contributed by atoms with Crippen molar-refractivity contribution in [2.45, 2.75) is 4.90 Å². The van der Waals surface area contributed by atoms with Crippen LogP contribution in [0.3, 0.4) is 0 Å². The van der Waals surface area contributed by atoms with E-state index in [9.17, 15) is 4.79 Å². The minimum absolute atomic E-state index is 0.0816. The van der Waals surface area contributed by atoms with Gasteiger partial charge in [0.2, 0.25) is 0 Å². The Bertz CT molecular complexity index is 519. The number of ketones is 1. The molecule has 2 aromatic rings. The molecule has 0 aliphatic carbocycles. The van der Waals surface area contributed by atoms with Crippen molar-refractivity contribution in [1.29, 1.82) is 0 Å². The van der Waals surface area contributed by atoms with Crippen LogP contribution in [0.15, 0.2) is 44.4 Å². The Morgan fingerprint density at radius 1 is 1.25 bits per heavy atom. The summed E-state index contributed by atoms with van der Waals surface area (Å²) >= 11 is 6.52. The first-order chi connectivity index (χ1) is 7.74. The maximum absolute atomic E-state index is 12.3. The summed E-state index contributed by atoms with van der Waals surface area (Å²) in [7, 11) is 0. The van der Waals surface area contributed by atoms with E-state index < -0.39 is 0 Å². The second-order valence-corrected chi connectivity index (χ2v) is 5.61. The number of rotatable bonds is 3. The third-order valence-electron chi connectivity index (χ3n) is 2.21. The van der Waals surface area contributed by atoms with Crippen LogP contribution >= 0.6 is 39.0 Å². The molecule has 0 fully saturated rings. The third-order valence-corrected chi connectivity index (χ3v) is 4.71. The summed E-state index contributed by atoms with van der Waals surface area (Å²) in [6.07, 6.45) is 1.98. The van der Waals surface area contributed by atoms with Crippen LogP contribution in [0.1, 0.15) is 15.9 Å². The van der Waals surface area contributed by atoms with E-state index >= 15 is 0 Å². The van der Waals surface area contributed by atoms with Crippen LogP contribution in [0, 0.1) is 0 Å². The van der Waals surface area contributed by atoms with Crippen molar-refractivity contribution in [3.8, 4) is 0 Å². The van der Waals surface area contributed by atoms with Crippen molar-refractivity contribution in [3.05, 3.63) is 50.6 Å². The maximum atomic E-state index is 12.3. The molecule has 0 amide bonds. The lowest BCUT2D eigenvalue weighted by Crippen LogP contribution is -2.02. The van der Waals surface area contributed by atoms with Crippen molar-refractivity contribution in [3.63, 3.8) is 0 Å². The number of thiophene rings is 1. The Hall–Kier alpha value is -0.580. The van der Waals surface area contributed by atoms with E-state index in [0.717, 1.165) is 20.5 Å². The van der Waals surface area contributed by atoms with Crippen LogP contribution in [0.4, 0.5) is 0 Å². The van der Waals surface area contributed by atoms with Gasteiger partial charge in [-0.3, -0.25) is 4.79 Å². The van der Waals surface area contributed by atoms with Crippen LogP contribution in [0.5, 0.6) is 0 Å². The Morgan fingerprint density at radius 2 is 2.00 bits per heavy atom. The van der Waals surface area contributed by atoms with Crippen molar-refractivity contribution in [1.82, 2.24) is 0 Å². The molecule has 0 atom stereocenters. The number of hydrogen-bond acceptors (Lipinski definition) is 3. The minimum atomic E-state index is 0.0816. The van der Waals surface area contributed by atoms with E-state index in [-0.39, 0.29) is 5.78 Å². The molecule has 0 unspecified atom stereocenters. The number of carbonyl (C=O) groups is 1. The first kappa shape index (κ1) is 11.9. The zero-order valence-corrected chi connectivity index (χ0v) is 11.8. The highest BCUT2D eigenvalue weighted by Crippen LogP contribution is 2.28. The normalized spacial score (nSPS) is 10.4. The summed E-state index contributed by atoms with van der Waals surface area (Å²) in [5, 5.41) is 3.80. The van der Waals surface area contributed by atoms with Gasteiger partial charge in [0.25, 0.3) is 0 Å². The Balaban J connectivity index is 2.46. The first-order valence-corrected chi connectivity index (χ1v) is 7.59. The molecule has 0 saturated carbocycles. The van der Waals surface area contributed by atoms with Gasteiger partial charge in [0, 0.05) is 31.3 Å². The average Bonchev–Trinajstić information content (AvgIpc) is 2.74. The van der Waals surface area contributed by atoms with E-state index in [1.807, 2.05) is 41.3 Å². The van der Waals surface area contributed by atoms with Gasteiger partial charge in [0.15, 0.2) is 5.78 Å². The molecule has 2 rings (SSSR count). The zero-order chi connectivity index (χ0) is 11.5. The topological polar surface area (TPSA) is 17.1 Å². The van der Waals surface area contributed by atoms with Crippen molar-refractivity contribution in [2.24, 2.45) is 0 Å². The fourth-order valence-corrected chi connectivity index (χ4v) is 3.47. The van der Waals surface area contributed by atoms with E-state index in [1.165, 1.54) is 11.3 Å². The summed E-state index contributed by atoms with van der Waals surface area (Å²) in [6, 6.07) is 7.69. The van der Waals surface area contributed by atoms with Gasteiger partial charge in [0.1, 0.15) is 0 Å². The molecule has 0 saturated heterocycles. The molecule has 0 N–H and O–H groups in total. The van der Waals surface area contributed by atoms with E-state index in [4.69, 9.17) is 0 Å². The molecule has 1 nitrogen and oxygen atoms in total.